The van der Waals surface area contributed by atoms with E-state index in [9.17, 15) is 9.59 Å². The lowest BCUT2D eigenvalue weighted by Gasteiger charge is -2.28. The van der Waals surface area contributed by atoms with E-state index in [0.717, 1.165) is 19.4 Å². The number of carbonyl (C=O) groups excluding carboxylic acids is 2. The van der Waals surface area contributed by atoms with Crippen LogP contribution in [0.15, 0.2) is 0 Å². The summed E-state index contributed by atoms with van der Waals surface area (Å²) in [6.45, 7) is 6.49. The summed E-state index contributed by atoms with van der Waals surface area (Å²) in [5.41, 5.74) is 4.53. The molecule has 2 amide bonds. The van der Waals surface area contributed by atoms with E-state index in [1.54, 1.807) is 6.92 Å². The molecular weight excluding hydrogens is 218 g/mol. The fourth-order valence-electron chi connectivity index (χ4n) is 1.78. The standard InChI is InChI=1S/C12H23N3O2/c1-4-12(3,11(13)17)14-8-10(16)15(5-2)9-6-7-9/h9,14H,4-8H2,1-3H3,(H2,13,17). The molecule has 1 aliphatic carbocycles. The van der Waals surface area contributed by atoms with Crippen molar-refractivity contribution in [2.75, 3.05) is 13.1 Å². The van der Waals surface area contributed by atoms with E-state index in [1.165, 1.54) is 0 Å². The number of nitrogens with one attached hydrogen (secondary N) is 1. The van der Waals surface area contributed by atoms with Crippen molar-refractivity contribution < 1.29 is 9.59 Å². The summed E-state index contributed by atoms with van der Waals surface area (Å²) in [6.07, 6.45) is 2.77. The second kappa shape index (κ2) is 5.49. The Morgan fingerprint density at radius 2 is 2.00 bits per heavy atom. The highest BCUT2D eigenvalue weighted by Crippen LogP contribution is 2.26. The number of amides is 2. The molecule has 0 aromatic rings. The molecule has 98 valence electrons. The van der Waals surface area contributed by atoms with Gasteiger partial charge >= 0.3 is 0 Å². The maximum Gasteiger partial charge on any atom is 0.237 e. The van der Waals surface area contributed by atoms with E-state index in [-0.39, 0.29) is 12.5 Å². The van der Waals surface area contributed by atoms with E-state index in [4.69, 9.17) is 5.73 Å². The predicted molar refractivity (Wildman–Crippen MR) is 66.3 cm³/mol. The molecule has 0 aliphatic heterocycles. The zero-order chi connectivity index (χ0) is 13.1. The number of nitrogens with zero attached hydrogens (tertiary/aromatic N) is 1. The summed E-state index contributed by atoms with van der Waals surface area (Å²) < 4.78 is 0. The van der Waals surface area contributed by atoms with Gasteiger partial charge in [-0.3, -0.25) is 14.9 Å². The van der Waals surface area contributed by atoms with Crippen molar-refractivity contribution in [3.05, 3.63) is 0 Å². The van der Waals surface area contributed by atoms with Gasteiger partial charge in [-0.05, 0) is 33.1 Å². The van der Waals surface area contributed by atoms with Gasteiger partial charge in [0.15, 0.2) is 0 Å². The molecule has 3 N–H and O–H groups in total. The minimum absolute atomic E-state index is 0.0518. The Hall–Kier alpha value is -1.10. The Balaban J connectivity index is 2.48. The van der Waals surface area contributed by atoms with E-state index in [1.807, 2.05) is 18.7 Å². The Bertz CT molecular complexity index is 302. The highest BCUT2D eigenvalue weighted by Gasteiger charge is 2.33. The van der Waals surface area contributed by atoms with E-state index in [0.29, 0.717) is 12.5 Å². The van der Waals surface area contributed by atoms with Crippen molar-refractivity contribution in [1.29, 1.82) is 0 Å². The zero-order valence-electron chi connectivity index (χ0n) is 11.0. The Labute approximate surface area is 103 Å². The van der Waals surface area contributed by atoms with E-state index in [2.05, 4.69) is 5.32 Å². The zero-order valence-corrected chi connectivity index (χ0v) is 11.0. The Morgan fingerprint density at radius 1 is 1.41 bits per heavy atom. The molecule has 0 aromatic heterocycles. The molecule has 0 saturated heterocycles. The average Bonchev–Trinajstić information content (AvgIpc) is 3.11. The molecular formula is C12H23N3O2. The topological polar surface area (TPSA) is 75.4 Å². The summed E-state index contributed by atoms with van der Waals surface area (Å²) >= 11 is 0. The maximum absolute atomic E-state index is 12.0. The van der Waals surface area contributed by atoms with E-state index < -0.39 is 11.4 Å². The minimum Gasteiger partial charge on any atom is -0.368 e. The quantitative estimate of drug-likeness (QED) is 0.670. The van der Waals surface area contributed by atoms with Crippen molar-refractivity contribution in [1.82, 2.24) is 10.2 Å². The fourth-order valence-corrected chi connectivity index (χ4v) is 1.78. The van der Waals surface area contributed by atoms with Crippen LogP contribution in [0.1, 0.15) is 40.0 Å². The summed E-state index contributed by atoms with van der Waals surface area (Å²) in [4.78, 5) is 25.1. The fraction of sp³-hybridized carbons (Fsp3) is 0.833. The van der Waals surface area contributed by atoms with Crippen molar-refractivity contribution in [2.24, 2.45) is 5.73 Å². The van der Waals surface area contributed by atoms with Gasteiger partial charge in [-0.25, -0.2) is 0 Å². The van der Waals surface area contributed by atoms with Crippen LogP contribution in [-0.2, 0) is 9.59 Å². The second-order valence-electron chi connectivity index (χ2n) is 4.81. The maximum atomic E-state index is 12.0. The molecule has 1 saturated carbocycles. The van der Waals surface area contributed by atoms with Crippen LogP contribution in [0.5, 0.6) is 0 Å². The molecule has 1 atom stereocenters. The van der Waals surface area contributed by atoms with Gasteiger partial charge in [-0.2, -0.15) is 0 Å². The Morgan fingerprint density at radius 3 is 2.35 bits per heavy atom. The van der Waals surface area contributed by atoms with Gasteiger partial charge in [0, 0.05) is 12.6 Å². The Kier molecular flexibility index (Phi) is 4.51. The summed E-state index contributed by atoms with van der Waals surface area (Å²) in [7, 11) is 0. The van der Waals surface area contributed by atoms with Gasteiger partial charge in [0.1, 0.15) is 0 Å². The molecule has 1 aliphatic rings. The molecule has 0 aromatic carbocycles. The van der Waals surface area contributed by atoms with Gasteiger partial charge in [0.2, 0.25) is 11.8 Å². The van der Waals surface area contributed by atoms with Crippen molar-refractivity contribution in [2.45, 2.75) is 51.6 Å². The van der Waals surface area contributed by atoms with Gasteiger partial charge in [0.05, 0.1) is 12.1 Å². The van der Waals surface area contributed by atoms with Crippen LogP contribution in [0.25, 0.3) is 0 Å². The third kappa shape index (κ3) is 3.43. The highest BCUT2D eigenvalue weighted by molar-refractivity contribution is 5.85. The molecule has 0 heterocycles. The molecule has 5 heteroatoms. The molecule has 0 bridgehead atoms. The van der Waals surface area contributed by atoms with Gasteiger partial charge < -0.3 is 10.6 Å². The number of hydrogen-bond acceptors (Lipinski definition) is 3. The SMILES string of the molecule is CCN(C(=O)CNC(C)(CC)C(N)=O)C1CC1. The van der Waals surface area contributed by atoms with Crippen molar-refractivity contribution >= 4 is 11.8 Å². The smallest absolute Gasteiger partial charge is 0.237 e. The molecule has 1 rings (SSSR count). The predicted octanol–water partition coefficient (Wildman–Crippen LogP) is 0.241. The number of nitrogens with two attached hydrogens (primary N) is 1. The average molecular weight is 241 g/mol. The first-order valence-corrected chi connectivity index (χ1v) is 6.29. The first-order chi connectivity index (χ1) is 7.94. The molecule has 1 fully saturated rings. The monoisotopic (exact) mass is 241 g/mol. The lowest BCUT2D eigenvalue weighted by molar-refractivity contribution is -0.131. The first kappa shape index (κ1) is 14.0. The molecule has 0 radical (unpaired) electrons. The highest BCUT2D eigenvalue weighted by atomic mass is 16.2. The van der Waals surface area contributed by atoms with Crippen LogP contribution in [0.2, 0.25) is 0 Å². The third-order valence-electron chi connectivity index (χ3n) is 3.53. The van der Waals surface area contributed by atoms with Crippen LogP contribution < -0.4 is 11.1 Å². The summed E-state index contributed by atoms with van der Waals surface area (Å²) in [5, 5.41) is 2.98. The van der Waals surface area contributed by atoms with Crippen LogP contribution in [-0.4, -0.2) is 41.4 Å². The normalized spacial score (nSPS) is 18.5. The lowest BCUT2D eigenvalue weighted by Crippen LogP contribution is -2.55. The van der Waals surface area contributed by atoms with Gasteiger partial charge in [0.25, 0.3) is 0 Å². The van der Waals surface area contributed by atoms with Crippen molar-refractivity contribution in [3.8, 4) is 0 Å². The van der Waals surface area contributed by atoms with Crippen LogP contribution in [0, 0.1) is 0 Å². The molecule has 1 unspecified atom stereocenters. The minimum atomic E-state index is -0.793. The van der Waals surface area contributed by atoms with Crippen LogP contribution in [0.3, 0.4) is 0 Å². The number of carbonyl (C=O) groups is 2. The van der Waals surface area contributed by atoms with Crippen LogP contribution >= 0.6 is 0 Å². The summed E-state index contributed by atoms with van der Waals surface area (Å²) in [5.74, 6) is -0.363. The molecule has 5 nitrogen and oxygen atoms in total. The van der Waals surface area contributed by atoms with E-state index >= 15 is 0 Å². The second-order valence-corrected chi connectivity index (χ2v) is 4.81. The van der Waals surface area contributed by atoms with Crippen LogP contribution in [0.4, 0.5) is 0 Å². The largest absolute Gasteiger partial charge is 0.368 e. The number of primary amides is 1. The number of likely N-dealkylation sites (N-methyl/N-ethyl adjacent to an activating group) is 1. The number of rotatable bonds is 7. The molecule has 0 spiro atoms. The number of hydrogen-bond donors (Lipinski definition) is 2. The van der Waals surface area contributed by atoms with Crippen molar-refractivity contribution in [3.63, 3.8) is 0 Å². The van der Waals surface area contributed by atoms with Gasteiger partial charge in [-0.1, -0.05) is 6.92 Å². The van der Waals surface area contributed by atoms with Gasteiger partial charge in [-0.15, -0.1) is 0 Å². The third-order valence-corrected chi connectivity index (χ3v) is 3.53. The first-order valence-electron chi connectivity index (χ1n) is 6.29. The molecule has 17 heavy (non-hydrogen) atoms. The summed E-state index contributed by atoms with van der Waals surface area (Å²) in [6, 6.07) is 0.413. The lowest BCUT2D eigenvalue weighted by atomic mass is 9.98.